The van der Waals surface area contributed by atoms with Crippen molar-refractivity contribution in [3.05, 3.63) is 23.5 Å². The molecule has 0 radical (unpaired) electrons. The Morgan fingerprint density at radius 1 is 1.53 bits per heavy atom. The second-order valence-electron chi connectivity index (χ2n) is 4.17. The average molecular weight is 257 g/mol. The lowest BCUT2D eigenvalue weighted by Crippen LogP contribution is -2.07. The number of rotatable bonds is 5. The van der Waals surface area contributed by atoms with Gasteiger partial charge in [-0.25, -0.2) is 9.18 Å². The number of aromatic carboxylic acids is 1. The Morgan fingerprint density at radius 3 is 2.71 bits per heavy atom. The van der Waals surface area contributed by atoms with Crippen LogP contribution in [0.2, 0.25) is 0 Å². The minimum Gasteiger partial charge on any atom is -0.478 e. The molecule has 0 heterocycles. The Morgan fingerprint density at radius 2 is 2.18 bits per heavy atom. The minimum absolute atomic E-state index is 0.126. The Hall–Kier alpha value is -1.23. The molecule has 0 aliphatic rings. The normalized spacial score (nSPS) is 10.8. The molecule has 0 unspecified atom stereocenters. The van der Waals surface area contributed by atoms with E-state index in [0.29, 0.717) is 10.8 Å². The molecule has 0 saturated heterocycles. The summed E-state index contributed by atoms with van der Waals surface area (Å²) >= 11 is 1.40. The fraction of sp³-hybridized carbons (Fsp3) is 0.417. The number of carboxylic acids is 1. The second kappa shape index (κ2) is 5.91. The van der Waals surface area contributed by atoms with E-state index in [0.717, 1.165) is 12.2 Å². The number of carboxylic acid groups (broad SMARTS) is 1. The van der Waals surface area contributed by atoms with Gasteiger partial charge in [-0.15, -0.1) is 11.8 Å². The van der Waals surface area contributed by atoms with Crippen LogP contribution >= 0.6 is 11.8 Å². The topological polar surface area (TPSA) is 63.3 Å². The van der Waals surface area contributed by atoms with Crippen LogP contribution in [0.25, 0.3) is 0 Å². The SMILES string of the molecule is CC(C)CCSc1ccc(F)c(N)c1C(=O)O. The quantitative estimate of drug-likeness (QED) is 0.628. The molecule has 94 valence electrons. The van der Waals surface area contributed by atoms with Gasteiger partial charge in [-0.1, -0.05) is 13.8 Å². The summed E-state index contributed by atoms with van der Waals surface area (Å²) in [4.78, 5) is 11.6. The number of halogens is 1. The van der Waals surface area contributed by atoms with E-state index in [1.807, 2.05) is 0 Å². The molecule has 0 amide bonds. The van der Waals surface area contributed by atoms with Crippen molar-refractivity contribution in [2.75, 3.05) is 11.5 Å². The lowest BCUT2D eigenvalue weighted by Gasteiger charge is -2.10. The van der Waals surface area contributed by atoms with Crippen molar-refractivity contribution in [1.82, 2.24) is 0 Å². The summed E-state index contributed by atoms with van der Waals surface area (Å²) in [5.74, 6) is -0.526. The highest BCUT2D eigenvalue weighted by molar-refractivity contribution is 7.99. The van der Waals surface area contributed by atoms with Crippen molar-refractivity contribution in [1.29, 1.82) is 0 Å². The number of thioether (sulfide) groups is 1. The summed E-state index contributed by atoms with van der Waals surface area (Å²) in [6, 6.07) is 2.68. The monoisotopic (exact) mass is 257 g/mol. The average Bonchev–Trinajstić information content (AvgIpc) is 2.22. The van der Waals surface area contributed by atoms with Crippen LogP contribution in [0.15, 0.2) is 17.0 Å². The molecule has 0 atom stereocenters. The van der Waals surface area contributed by atoms with Gasteiger partial charge in [-0.05, 0) is 30.2 Å². The zero-order valence-electron chi connectivity index (χ0n) is 9.87. The maximum atomic E-state index is 13.2. The lowest BCUT2D eigenvalue weighted by atomic mass is 10.2. The third-order valence-electron chi connectivity index (χ3n) is 2.32. The van der Waals surface area contributed by atoms with Gasteiger partial charge in [0.25, 0.3) is 0 Å². The first-order chi connectivity index (χ1) is 7.93. The van der Waals surface area contributed by atoms with E-state index in [4.69, 9.17) is 10.8 Å². The van der Waals surface area contributed by atoms with Gasteiger partial charge in [0.05, 0.1) is 11.3 Å². The highest BCUT2D eigenvalue weighted by Crippen LogP contribution is 2.30. The Labute approximate surface area is 104 Å². The van der Waals surface area contributed by atoms with Crippen LogP contribution in [-0.2, 0) is 0 Å². The molecule has 0 fully saturated rings. The van der Waals surface area contributed by atoms with Crippen LogP contribution in [0.5, 0.6) is 0 Å². The van der Waals surface area contributed by atoms with Gasteiger partial charge < -0.3 is 10.8 Å². The van der Waals surface area contributed by atoms with Crippen molar-refractivity contribution >= 4 is 23.4 Å². The Kier molecular flexibility index (Phi) is 4.81. The van der Waals surface area contributed by atoms with Crippen LogP contribution in [-0.4, -0.2) is 16.8 Å². The van der Waals surface area contributed by atoms with Crippen molar-refractivity contribution in [3.8, 4) is 0 Å². The Balaban J connectivity index is 2.91. The molecule has 1 aromatic carbocycles. The van der Waals surface area contributed by atoms with Gasteiger partial charge in [0.2, 0.25) is 0 Å². The predicted molar refractivity (Wildman–Crippen MR) is 68.0 cm³/mol. The van der Waals surface area contributed by atoms with E-state index >= 15 is 0 Å². The molecule has 0 aliphatic heterocycles. The molecule has 3 N–H and O–H groups in total. The van der Waals surface area contributed by atoms with E-state index in [1.54, 1.807) is 0 Å². The number of carbonyl (C=O) groups is 1. The smallest absolute Gasteiger partial charge is 0.339 e. The molecule has 3 nitrogen and oxygen atoms in total. The van der Waals surface area contributed by atoms with Crippen molar-refractivity contribution in [2.45, 2.75) is 25.2 Å². The molecule has 1 rings (SSSR count). The zero-order valence-corrected chi connectivity index (χ0v) is 10.7. The fourth-order valence-corrected chi connectivity index (χ4v) is 2.63. The summed E-state index contributed by atoms with van der Waals surface area (Å²) in [5, 5.41) is 9.02. The highest BCUT2D eigenvalue weighted by Gasteiger charge is 2.17. The van der Waals surface area contributed by atoms with Crippen molar-refractivity contribution < 1.29 is 14.3 Å². The highest BCUT2D eigenvalue weighted by atomic mass is 32.2. The summed E-state index contributed by atoms with van der Waals surface area (Å²) in [5.41, 5.74) is 5.04. The summed E-state index contributed by atoms with van der Waals surface area (Å²) in [6.45, 7) is 4.19. The minimum atomic E-state index is -1.19. The van der Waals surface area contributed by atoms with Gasteiger partial charge in [0.15, 0.2) is 0 Å². The lowest BCUT2D eigenvalue weighted by molar-refractivity contribution is 0.0694. The molecule has 17 heavy (non-hydrogen) atoms. The number of nitrogen functional groups attached to an aromatic ring is 1. The maximum Gasteiger partial charge on any atom is 0.339 e. The van der Waals surface area contributed by atoms with Gasteiger partial charge in [-0.3, -0.25) is 0 Å². The number of hydrogen-bond donors (Lipinski definition) is 2. The van der Waals surface area contributed by atoms with E-state index in [-0.39, 0.29) is 11.3 Å². The van der Waals surface area contributed by atoms with E-state index in [2.05, 4.69) is 13.8 Å². The largest absolute Gasteiger partial charge is 0.478 e. The first kappa shape index (κ1) is 13.8. The van der Waals surface area contributed by atoms with Gasteiger partial charge in [0, 0.05) is 4.90 Å². The predicted octanol–water partition coefficient (Wildman–Crippen LogP) is 3.24. The molecule has 0 aromatic heterocycles. The third-order valence-corrected chi connectivity index (χ3v) is 3.41. The number of anilines is 1. The van der Waals surface area contributed by atoms with Gasteiger partial charge in [-0.2, -0.15) is 0 Å². The van der Waals surface area contributed by atoms with E-state index in [1.165, 1.54) is 23.9 Å². The van der Waals surface area contributed by atoms with Crippen molar-refractivity contribution in [3.63, 3.8) is 0 Å². The molecule has 0 aliphatic carbocycles. The van der Waals surface area contributed by atoms with Crippen LogP contribution in [0.4, 0.5) is 10.1 Å². The van der Waals surface area contributed by atoms with Gasteiger partial charge >= 0.3 is 5.97 Å². The molecule has 0 bridgehead atoms. The molecular formula is C12H16FNO2S. The van der Waals surface area contributed by atoms with Crippen LogP contribution < -0.4 is 5.73 Å². The molecule has 5 heteroatoms. The Bertz CT molecular complexity index is 421. The fourth-order valence-electron chi connectivity index (χ4n) is 1.32. The molecular weight excluding hydrogens is 241 g/mol. The van der Waals surface area contributed by atoms with E-state index < -0.39 is 11.8 Å². The van der Waals surface area contributed by atoms with Crippen LogP contribution in [0.3, 0.4) is 0 Å². The molecule has 0 spiro atoms. The zero-order chi connectivity index (χ0) is 13.0. The molecule has 1 aromatic rings. The van der Waals surface area contributed by atoms with Crippen LogP contribution in [0.1, 0.15) is 30.6 Å². The summed E-state index contributed by atoms with van der Waals surface area (Å²) < 4.78 is 13.2. The number of benzene rings is 1. The van der Waals surface area contributed by atoms with E-state index in [9.17, 15) is 9.18 Å². The van der Waals surface area contributed by atoms with Crippen LogP contribution in [0, 0.1) is 11.7 Å². The maximum absolute atomic E-state index is 13.2. The third kappa shape index (κ3) is 3.63. The second-order valence-corrected chi connectivity index (χ2v) is 5.31. The summed E-state index contributed by atoms with van der Waals surface area (Å²) in [6.07, 6.45) is 0.973. The first-order valence-electron chi connectivity index (χ1n) is 5.37. The number of nitrogens with two attached hydrogens (primary N) is 1. The number of hydrogen-bond acceptors (Lipinski definition) is 3. The molecule has 0 saturated carbocycles. The summed E-state index contributed by atoms with van der Waals surface area (Å²) in [7, 11) is 0. The van der Waals surface area contributed by atoms with Gasteiger partial charge in [0.1, 0.15) is 5.82 Å². The first-order valence-corrected chi connectivity index (χ1v) is 6.36. The van der Waals surface area contributed by atoms with Crippen molar-refractivity contribution in [2.24, 2.45) is 5.92 Å². The standard InChI is InChI=1S/C12H16FNO2S/c1-7(2)5-6-17-9-4-3-8(13)11(14)10(9)12(15)16/h3-4,7H,5-6,14H2,1-2H3,(H,15,16).